The number of benzene rings is 1. The van der Waals surface area contributed by atoms with Gasteiger partial charge in [-0.3, -0.25) is 4.90 Å². The predicted octanol–water partition coefficient (Wildman–Crippen LogP) is 1.96. The van der Waals surface area contributed by atoms with Crippen LogP contribution in [-0.2, 0) is 17.8 Å². The van der Waals surface area contributed by atoms with Gasteiger partial charge in [0.1, 0.15) is 0 Å². The minimum absolute atomic E-state index is 0.312. The van der Waals surface area contributed by atoms with Crippen LogP contribution >= 0.6 is 11.5 Å². The molecule has 0 fully saturated rings. The first-order valence-electron chi connectivity index (χ1n) is 5.81. The van der Waals surface area contributed by atoms with Crippen LogP contribution in [0.25, 0.3) is 0 Å². The summed E-state index contributed by atoms with van der Waals surface area (Å²) in [4.78, 5) is 13.5. The summed E-state index contributed by atoms with van der Waals surface area (Å²) in [6.07, 6.45) is 0. The quantitative estimate of drug-likeness (QED) is 0.782. The highest BCUT2D eigenvalue weighted by atomic mass is 32.1. The molecule has 0 N–H and O–H groups in total. The standard InChI is InChI=1S/C13H15N3O2S/c1-16(8-12-9-19-15-14-12)7-10-3-5-11(6-4-10)13(17)18-2/h3-6,9H,7-8H2,1-2H3. The third-order valence-corrected chi connectivity index (χ3v) is 3.22. The molecule has 1 aromatic heterocycles. The number of hydrogen-bond acceptors (Lipinski definition) is 6. The zero-order chi connectivity index (χ0) is 13.7. The van der Waals surface area contributed by atoms with Gasteiger partial charge in [0.25, 0.3) is 0 Å². The lowest BCUT2D eigenvalue weighted by atomic mass is 10.1. The average molecular weight is 277 g/mol. The van der Waals surface area contributed by atoms with Crippen LogP contribution < -0.4 is 0 Å². The third kappa shape index (κ3) is 3.84. The topological polar surface area (TPSA) is 55.3 Å². The molecule has 0 amide bonds. The van der Waals surface area contributed by atoms with Crippen LogP contribution in [0.2, 0.25) is 0 Å². The molecule has 0 aliphatic heterocycles. The van der Waals surface area contributed by atoms with E-state index in [1.165, 1.54) is 18.6 Å². The van der Waals surface area contributed by atoms with E-state index in [9.17, 15) is 4.79 Å². The van der Waals surface area contributed by atoms with Gasteiger partial charge in [0, 0.05) is 18.5 Å². The number of nitrogens with zero attached hydrogens (tertiary/aromatic N) is 3. The molecular formula is C13H15N3O2S. The van der Waals surface area contributed by atoms with Gasteiger partial charge in [-0.15, -0.1) is 5.10 Å². The number of methoxy groups -OCH3 is 1. The minimum Gasteiger partial charge on any atom is -0.465 e. The minimum atomic E-state index is -0.312. The van der Waals surface area contributed by atoms with Crippen LogP contribution in [0.5, 0.6) is 0 Å². The molecule has 0 aliphatic carbocycles. The normalized spacial score (nSPS) is 10.7. The number of esters is 1. The van der Waals surface area contributed by atoms with Crippen molar-refractivity contribution >= 4 is 17.5 Å². The van der Waals surface area contributed by atoms with Gasteiger partial charge in [-0.1, -0.05) is 16.6 Å². The van der Waals surface area contributed by atoms with Gasteiger partial charge in [0.15, 0.2) is 0 Å². The fourth-order valence-corrected chi connectivity index (χ4v) is 2.20. The zero-order valence-electron chi connectivity index (χ0n) is 10.9. The van der Waals surface area contributed by atoms with Crippen molar-refractivity contribution in [3.8, 4) is 0 Å². The Hall–Kier alpha value is -1.79. The fraction of sp³-hybridized carbons (Fsp3) is 0.308. The van der Waals surface area contributed by atoms with E-state index in [2.05, 4.69) is 19.2 Å². The van der Waals surface area contributed by atoms with Gasteiger partial charge in [-0.05, 0) is 36.3 Å². The molecule has 0 radical (unpaired) electrons. The largest absolute Gasteiger partial charge is 0.465 e. The molecule has 100 valence electrons. The van der Waals surface area contributed by atoms with Crippen molar-refractivity contribution in [3.05, 3.63) is 46.5 Å². The Morgan fingerprint density at radius 3 is 2.63 bits per heavy atom. The van der Waals surface area contributed by atoms with Gasteiger partial charge >= 0.3 is 5.97 Å². The van der Waals surface area contributed by atoms with Crippen LogP contribution in [0.15, 0.2) is 29.6 Å². The van der Waals surface area contributed by atoms with Crippen molar-refractivity contribution in [2.24, 2.45) is 0 Å². The lowest BCUT2D eigenvalue weighted by molar-refractivity contribution is 0.0600. The second kappa shape index (κ2) is 6.40. The van der Waals surface area contributed by atoms with E-state index in [1.54, 1.807) is 12.1 Å². The SMILES string of the molecule is COC(=O)c1ccc(CN(C)Cc2csnn2)cc1. The fourth-order valence-electron chi connectivity index (χ4n) is 1.76. The molecule has 1 aromatic carbocycles. The summed E-state index contributed by atoms with van der Waals surface area (Å²) in [5, 5.41) is 5.95. The summed E-state index contributed by atoms with van der Waals surface area (Å²) in [5.41, 5.74) is 2.68. The lowest BCUT2D eigenvalue weighted by Crippen LogP contribution is -2.17. The number of aromatic nitrogens is 2. The van der Waals surface area contributed by atoms with Gasteiger partial charge in [-0.2, -0.15) is 0 Å². The highest BCUT2D eigenvalue weighted by Gasteiger charge is 2.07. The van der Waals surface area contributed by atoms with Gasteiger partial charge < -0.3 is 4.74 Å². The Morgan fingerprint density at radius 1 is 1.32 bits per heavy atom. The maximum absolute atomic E-state index is 11.3. The number of carbonyl (C=O) groups excluding carboxylic acids is 1. The van der Waals surface area contributed by atoms with E-state index in [0.29, 0.717) is 5.56 Å². The number of ether oxygens (including phenoxy) is 1. The Bertz CT molecular complexity index is 525. The highest BCUT2D eigenvalue weighted by Crippen LogP contribution is 2.10. The Kier molecular flexibility index (Phi) is 4.59. The van der Waals surface area contributed by atoms with Crippen molar-refractivity contribution in [1.29, 1.82) is 0 Å². The molecule has 0 saturated heterocycles. The molecule has 6 heteroatoms. The van der Waals surface area contributed by atoms with Gasteiger partial charge in [0.05, 0.1) is 18.4 Å². The molecule has 0 atom stereocenters. The van der Waals surface area contributed by atoms with Crippen LogP contribution in [-0.4, -0.2) is 34.6 Å². The molecule has 0 unspecified atom stereocenters. The van der Waals surface area contributed by atoms with E-state index in [-0.39, 0.29) is 5.97 Å². The Balaban J connectivity index is 1.93. The number of carbonyl (C=O) groups is 1. The predicted molar refractivity (Wildman–Crippen MR) is 72.9 cm³/mol. The number of rotatable bonds is 5. The number of hydrogen-bond donors (Lipinski definition) is 0. The molecule has 1 heterocycles. The monoisotopic (exact) mass is 277 g/mol. The van der Waals surface area contributed by atoms with E-state index >= 15 is 0 Å². The maximum atomic E-state index is 11.3. The summed E-state index contributed by atoms with van der Waals surface area (Å²) in [6.45, 7) is 1.55. The zero-order valence-corrected chi connectivity index (χ0v) is 11.7. The van der Waals surface area contributed by atoms with Crippen LogP contribution in [0.4, 0.5) is 0 Å². The molecule has 2 aromatic rings. The second-order valence-electron chi connectivity index (χ2n) is 4.26. The maximum Gasteiger partial charge on any atom is 0.337 e. The Morgan fingerprint density at radius 2 is 2.05 bits per heavy atom. The molecule has 0 saturated carbocycles. The van der Waals surface area contributed by atoms with Crippen molar-refractivity contribution in [2.75, 3.05) is 14.2 Å². The molecule has 5 nitrogen and oxygen atoms in total. The summed E-state index contributed by atoms with van der Waals surface area (Å²) >= 11 is 1.36. The van der Waals surface area contributed by atoms with Crippen molar-refractivity contribution in [3.63, 3.8) is 0 Å². The van der Waals surface area contributed by atoms with Crippen LogP contribution in [0.3, 0.4) is 0 Å². The smallest absolute Gasteiger partial charge is 0.337 e. The second-order valence-corrected chi connectivity index (χ2v) is 4.87. The molecule has 2 rings (SSSR count). The summed E-state index contributed by atoms with van der Waals surface area (Å²) in [5.74, 6) is -0.312. The van der Waals surface area contributed by atoms with Crippen LogP contribution in [0.1, 0.15) is 21.6 Å². The van der Waals surface area contributed by atoms with E-state index in [0.717, 1.165) is 24.3 Å². The summed E-state index contributed by atoms with van der Waals surface area (Å²) in [6, 6.07) is 7.42. The molecular weight excluding hydrogens is 262 g/mol. The van der Waals surface area contributed by atoms with Crippen LogP contribution in [0, 0.1) is 0 Å². The molecule has 19 heavy (non-hydrogen) atoms. The third-order valence-electron chi connectivity index (χ3n) is 2.66. The van der Waals surface area contributed by atoms with E-state index in [4.69, 9.17) is 0 Å². The lowest BCUT2D eigenvalue weighted by Gasteiger charge is -2.15. The van der Waals surface area contributed by atoms with E-state index < -0.39 is 0 Å². The molecule has 0 aliphatic rings. The molecule has 0 spiro atoms. The first-order valence-corrected chi connectivity index (χ1v) is 6.64. The highest BCUT2D eigenvalue weighted by molar-refractivity contribution is 7.03. The first-order chi connectivity index (χ1) is 9.19. The average Bonchev–Trinajstić information content (AvgIpc) is 2.91. The summed E-state index contributed by atoms with van der Waals surface area (Å²) in [7, 11) is 3.40. The van der Waals surface area contributed by atoms with Crippen molar-refractivity contribution < 1.29 is 9.53 Å². The van der Waals surface area contributed by atoms with Gasteiger partial charge in [0.2, 0.25) is 0 Å². The first kappa shape index (κ1) is 13.6. The van der Waals surface area contributed by atoms with Crippen molar-refractivity contribution in [2.45, 2.75) is 13.1 Å². The molecule has 0 bridgehead atoms. The van der Waals surface area contributed by atoms with Crippen molar-refractivity contribution in [1.82, 2.24) is 14.5 Å². The van der Waals surface area contributed by atoms with Gasteiger partial charge in [-0.25, -0.2) is 4.79 Å². The Labute approximate surface area is 116 Å². The summed E-state index contributed by atoms with van der Waals surface area (Å²) < 4.78 is 8.50. The van der Waals surface area contributed by atoms with E-state index in [1.807, 2.05) is 24.6 Å².